The van der Waals surface area contributed by atoms with Gasteiger partial charge < -0.3 is 11.1 Å². The largest absolute Gasteiger partial charge is 0.367 e. The van der Waals surface area contributed by atoms with E-state index in [9.17, 15) is 0 Å². The summed E-state index contributed by atoms with van der Waals surface area (Å²) in [6.07, 6.45) is 5.45. The standard InChI is InChI=1S/C8H14N4S/c9-7-11-8(13-12-7)10-5-1-2-6-3-4-6/h6H,1-5H2,(H3,9,10,11,12). The van der Waals surface area contributed by atoms with E-state index in [0.717, 1.165) is 17.6 Å². The van der Waals surface area contributed by atoms with E-state index >= 15 is 0 Å². The second-order valence-electron chi connectivity index (χ2n) is 3.47. The van der Waals surface area contributed by atoms with Gasteiger partial charge >= 0.3 is 0 Å². The summed E-state index contributed by atoms with van der Waals surface area (Å²) >= 11 is 1.33. The number of hydrogen-bond donors (Lipinski definition) is 2. The Hall–Kier alpha value is -0.840. The zero-order chi connectivity index (χ0) is 9.10. The van der Waals surface area contributed by atoms with Crippen molar-refractivity contribution in [1.29, 1.82) is 0 Å². The zero-order valence-corrected chi connectivity index (χ0v) is 8.31. The molecule has 2 rings (SSSR count). The van der Waals surface area contributed by atoms with Crippen LogP contribution >= 0.6 is 11.5 Å². The molecule has 1 heterocycles. The molecule has 1 aliphatic rings. The predicted octanol–water partition coefficient (Wildman–Crippen LogP) is 1.72. The van der Waals surface area contributed by atoms with Gasteiger partial charge in [0.05, 0.1) is 0 Å². The van der Waals surface area contributed by atoms with Crippen molar-refractivity contribution in [3.63, 3.8) is 0 Å². The fourth-order valence-corrected chi connectivity index (χ4v) is 1.82. The van der Waals surface area contributed by atoms with Crippen molar-refractivity contribution in [1.82, 2.24) is 9.36 Å². The lowest BCUT2D eigenvalue weighted by atomic mass is 10.2. The van der Waals surface area contributed by atoms with Crippen LogP contribution in [-0.2, 0) is 0 Å². The summed E-state index contributed by atoms with van der Waals surface area (Å²) in [6, 6.07) is 0. The van der Waals surface area contributed by atoms with Crippen LogP contribution in [0.1, 0.15) is 25.7 Å². The van der Waals surface area contributed by atoms with E-state index in [0.29, 0.717) is 5.95 Å². The van der Waals surface area contributed by atoms with E-state index in [2.05, 4.69) is 14.7 Å². The Kier molecular flexibility index (Phi) is 2.63. The molecule has 0 radical (unpaired) electrons. The molecule has 1 fully saturated rings. The molecule has 0 amide bonds. The molecule has 0 unspecified atom stereocenters. The average Bonchev–Trinajstić information content (AvgIpc) is 2.84. The van der Waals surface area contributed by atoms with Crippen LogP contribution in [0.5, 0.6) is 0 Å². The fraction of sp³-hybridized carbons (Fsp3) is 0.750. The summed E-state index contributed by atoms with van der Waals surface area (Å²) in [4.78, 5) is 4.02. The Labute approximate surface area is 81.7 Å². The maximum absolute atomic E-state index is 5.39. The molecule has 0 saturated heterocycles. The highest BCUT2D eigenvalue weighted by Crippen LogP contribution is 2.33. The van der Waals surface area contributed by atoms with Crippen LogP contribution in [0.3, 0.4) is 0 Å². The SMILES string of the molecule is Nc1nsc(NCCCC2CC2)n1. The van der Waals surface area contributed by atoms with Crippen molar-refractivity contribution in [3.8, 4) is 0 Å². The monoisotopic (exact) mass is 198 g/mol. The van der Waals surface area contributed by atoms with Crippen LogP contribution in [0.2, 0.25) is 0 Å². The molecular formula is C8H14N4S. The van der Waals surface area contributed by atoms with E-state index in [1.807, 2.05) is 0 Å². The highest BCUT2D eigenvalue weighted by Gasteiger charge is 2.19. The number of hydrogen-bond acceptors (Lipinski definition) is 5. The number of rotatable bonds is 5. The van der Waals surface area contributed by atoms with E-state index in [4.69, 9.17) is 5.73 Å². The van der Waals surface area contributed by atoms with Gasteiger partial charge in [0.15, 0.2) is 0 Å². The first-order valence-corrected chi connectivity index (χ1v) is 5.45. The van der Waals surface area contributed by atoms with Crippen molar-refractivity contribution in [2.45, 2.75) is 25.7 Å². The van der Waals surface area contributed by atoms with E-state index in [-0.39, 0.29) is 0 Å². The molecule has 3 N–H and O–H groups in total. The molecule has 5 heteroatoms. The van der Waals surface area contributed by atoms with Gasteiger partial charge in [-0.2, -0.15) is 9.36 Å². The molecule has 1 aromatic rings. The zero-order valence-electron chi connectivity index (χ0n) is 7.49. The first-order valence-electron chi connectivity index (χ1n) is 4.67. The van der Waals surface area contributed by atoms with Gasteiger partial charge in [0, 0.05) is 18.1 Å². The lowest BCUT2D eigenvalue weighted by Gasteiger charge is -1.99. The van der Waals surface area contributed by atoms with Crippen LogP contribution in [0.15, 0.2) is 0 Å². The van der Waals surface area contributed by atoms with Crippen molar-refractivity contribution in [2.75, 3.05) is 17.6 Å². The Morgan fingerprint density at radius 1 is 1.54 bits per heavy atom. The van der Waals surface area contributed by atoms with Crippen LogP contribution in [-0.4, -0.2) is 15.9 Å². The lowest BCUT2D eigenvalue weighted by Crippen LogP contribution is -2.01. The van der Waals surface area contributed by atoms with Crippen molar-refractivity contribution in [3.05, 3.63) is 0 Å². The minimum absolute atomic E-state index is 0.370. The molecule has 0 atom stereocenters. The summed E-state index contributed by atoms with van der Waals surface area (Å²) in [7, 11) is 0. The molecule has 0 spiro atoms. The van der Waals surface area contributed by atoms with Gasteiger partial charge in [-0.3, -0.25) is 0 Å². The Morgan fingerprint density at radius 2 is 2.38 bits per heavy atom. The highest BCUT2D eigenvalue weighted by molar-refractivity contribution is 7.09. The summed E-state index contributed by atoms with van der Waals surface area (Å²) in [6.45, 7) is 0.991. The maximum Gasteiger partial charge on any atom is 0.233 e. The van der Waals surface area contributed by atoms with Gasteiger partial charge in [0.2, 0.25) is 11.1 Å². The number of anilines is 2. The smallest absolute Gasteiger partial charge is 0.233 e. The topological polar surface area (TPSA) is 63.8 Å². The Bertz CT molecular complexity index is 269. The van der Waals surface area contributed by atoms with Gasteiger partial charge in [-0.15, -0.1) is 0 Å². The van der Waals surface area contributed by atoms with E-state index in [1.54, 1.807) is 0 Å². The number of nitrogens with one attached hydrogen (secondary N) is 1. The van der Waals surface area contributed by atoms with Gasteiger partial charge in [-0.05, 0) is 18.8 Å². The summed E-state index contributed by atoms with van der Waals surface area (Å²) < 4.78 is 3.89. The normalized spacial score (nSPS) is 16.0. The molecule has 1 aromatic heterocycles. The maximum atomic E-state index is 5.39. The summed E-state index contributed by atoms with van der Waals surface area (Å²) in [5, 5.41) is 4.05. The van der Waals surface area contributed by atoms with Gasteiger partial charge in [0.25, 0.3) is 0 Å². The Morgan fingerprint density at radius 3 is 3.00 bits per heavy atom. The molecule has 0 aromatic carbocycles. The van der Waals surface area contributed by atoms with E-state index in [1.165, 1.54) is 37.2 Å². The summed E-state index contributed by atoms with van der Waals surface area (Å²) in [5.41, 5.74) is 5.39. The fourth-order valence-electron chi connectivity index (χ4n) is 1.30. The first-order chi connectivity index (χ1) is 6.34. The third-order valence-electron chi connectivity index (χ3n) is 2.20. The van der Waals surface area contributed by atoms with Crippen molar-refractivity contribution in [2.24, 2.45) is 5.92 Å². The third-order valence-corrected chi connectivity index (χ3v) is 2.89. The average molecular weight is 198 g/mol. The van der Waals surface area contributed by atoms with Gasteiger partial charge in [-0.1, -0.05) is 12.8 Å². The number of nitrogens with two attached hydrogens (primary N) is 1. The minimum atomic E-state index is 0.370. The number of aromatic nitrogens is 2. The first kappa shape index (κ1) is 8.74. The Balaban J connectivity index is 1.61. The number of nitrogens with zero attached hydrogens (tertiary/aromatic N) is 2. The molecule has 4 nitrogen and oxygen atoms in total. The molecule has 0 aliphatic heterocycles. The summed E-state index contributed by atoms with van der Waals surface area (Å²) in [5.74, 6) is 1.39. The molecular weight excluding hydrogens is 184 g/mol. The number of nitrogen functional groups attached to an aromatic ring is 1. The van der Waals surface area contributed by atoms with Crippen LogP contribution in [0.4, 0.5) is 11.1 Å². The second-order valence-corrected chi connectivity index (χ2v) is 4.22. The lowest BCUT2D eigenvalue weighted by molar-refractivity contribution is 0.687. The van der Waals surface area contributed by atoms with E-state index < -0.39 is 0 Å². The van der Waals surface area contributed by atoms with Crippen LogP contribution in [0.25, 0.3) is 0 Å². The second kappa shape index (κ2) is 3.91. The van der Waals surface area contributed by atoms with Crippen molar-refractivity contribution >= 4 is 22.6 Å². The van der Waals surface area contributed by atoms with Crippen LogP contribution in [0, 0.1) is 5.92 Å². The van der Waals surface area contributed by atoms with Gasteiger partial charge in [-0.25, -0.2) is 0 Å². The molecule has 13 heavy (non-hydrogen) atoms. The molecule has 1 aliphatic carbocycles. The molecule has 0 bridgehead atoms. The third kappa shape index (κ3) is 2.84. The quantitative estimate of drug-likeness (QED) is 0.707. The van der Waals surface area contributed by atoms with Crippen LogP contribution < -0.4 is 11.1 Å². The van der Waals surface area contributed by atoms with Crippen molar-refractivity contribution < 1.29 is 0 Å². The molecule has 1 saturated carbocycles. The van der Waals surface area contributed by atoms with Gasteiger partial charge in [0.1, 0.15) is 0 Å². The predicted molar refractivity (Wildman–Crippen MR) is 54.8 cm³/mol. The minimum Gasteiger partial charge on any atom is -0.367 e. The molecule has 72 valence electrons. The highest BCUT2D eigenvalue weighted by atomic mass is 32.1.